The number of phenolic OH excluding ortho intramolecular Hbond substituents is 2. The van der Waals surface area contributed by atoms with Crippen LogP contribution in [0.15, 0.2) is 69.1 Å². The number of para-hydroxylation sites is 1. The maximum Gasteiger partial charge on any atom is 0.348 e. The van der Waals surface area contributed by atoms with Gasteiger partial charge in [-0.3, -0.25) is 0 Å². The number of hydrogen-bond acceptors (Lipinski definition) is 7. The first kappa shape index (κ1) is 21.3. The maximum absolute atomic E-state index is 14.3. The summed E-state index contributed by atoms with van der Waals surface area (Å²) < 4.78 is 47.3. The molecule has 0 saturated carbocycles. The molecule has 4 rings (SSSR count). The van der Waals surface area contributed by atoms with E-state index in [9.17, 15) is 27.8 Å². The van der Waals surface area contributed by atoms with Crippen molar-refractivity contribution in [3.8, 4) is 28.6 Å². The van der Waals surface area contributed by atoms with Crippen LogP contribution in [0.1, 0.15) is 5.56 Å². The normalized spacial score (nSPS) is 11.8. The molecule has 0 amide bonds. The van der Waals surface area contributed by atoms with E-state index in [4.69, 9.17) is 4.42 Å². The number of rotatable bonds is 6. The highest BCUT2D eigenvalue weighted by Crippen LogP contribution is 2.37. The minimum absolute atomic E-state index is 0.0448. The van der Waals surface area contributed by atoms with Crippen LogP contribution < -0.4 is 5.69 Å². The summed E-state index contributed by atoms with van der Waals surface area (Å²) in [6, 6.07) is 8.77. The van der Waals surface area contributed by atoms with Gasteiger partial charge >= 0.3 is 5.69 Å². The van der Waals surface area contributed by atoms with Gasteiger partial charge in [0.05, 0.1) is 23.8 Å². The SMILES string of the molecule is CN(Cc1ccoc1)S(=O)(=O)c1cc(-c2n[nH]c(=O)n2-c2ccccc2F)c(O)cc1O. The van der Waals surface area contributed by atoms with E-state index in [-0.39, 0.29) is 23.6 Å². The molecule has 0 atom stereocenters. The van der Waals surface area contributed by atoms with Gasteiger partial charge < -0.3 is 14.6 Å². The molecule has 0 unspecified atom stereocenters. The maximum atomic E-state index is 14.3. The molecule has 0 fully saturated rings. The summed E-state index contributed by atoms with van der Waals surface area (Å²) >= 11 is 0. The van der Waals surface area contributed by atoms with Crippen LogP contribution in [0.2, 0.25) is 0 Å². The Morgan fingerprint density at radius 1 is 1.19 bits per heavy atom. The quantitative estimate of drug-likeness (QED) is 0.400. The highest BCUT2D eigenvalue weighted by molar-refractivity contribution is 7.89. The van der Waals surface area contributed by atoms with Crippen LogP contribution in [0, 0.1) is 5.82 Å². The van der Waals surface area contributed by atoms with Crippen LogP contribution in [0.25, 0.3) is 17.1 Å². The summed E-state index contributed by atoms with van der Waals surface area (Å²) in [6.07, 6.45) is 2.77. The number of halogens is 1. The number of phenols is 2. The van der Waals surface area contributed by atoms with Gasteiger partial charge in [0, 0.05) is 25.2 Å². The number of aromatic amines is 1. The summed E-state index contributed by atoms with van der Waals surface area (Å²) in [7, 11) is -2.94. The fourth-order valence-corrected chi connectivity index (χ4v) is 4.41. The van der Waals surface area contributed by atoms with E-state index in [0.29, 0.717) is 5.56 Å². The molecular weight excluding hydrogens is 443 g/mol. The first-order valence-electron chi connectivity index (χ1n) is 9.16. The highest BCUT2D eigenvalue weighted by Gasteiger charge is 2.28. The molecule has 0 radical (unpaired) electrons. The molecule has 0 spiro atoms. The molecule has 4 aromatic rings. The number of hydrogen-bond donors (Lipinski definition) is 3. The second-order valence-electron chi connectivity index (χ2n) is 6.87. The zero-order valence-corrected chi connectivity index (χ0v) is 17.4. The minimum Gasteiger partial charge on any atom is -0.507 e. The van der Waals surface area contributed by atoms with E-state index in [1.54, 1.807) is 6.07 Å². The smallest absolute Gasteiger partial charge is 0.348 e. The van der Waals surface area contributed by atoms with E-state index in [1.807, 2.05) is 0 Å². The van der Waals surface area contributed by atoms with Gasteiger partial charge in [-0.2, -0.15) is 9.40 Å². The van der Waals surface area contributed by atoms with Crippen molar-refractivity contribution in [3.05, 3.63) is 76.9 Å². The molecule has 10 nitrogen and oxygen atoms in total. The fourth-order valence-electron chi connectivity index (χ4n) is 3.17. The lowest BCUT2D eigenvalue weighted by Gasteiger charge is -2.18. The van der Waals surface area contributed by atoms with Gasteiger partial charge in [0.1, 0.15) is 22.2 Å². The number of nitrogens with zero attached hydrogens (tertiary/aromatic N) is 3. The Morgan fingerprint density at radius 3 is 2.62 bits per heavy atom. The van der Waals surface area contributed by atoms with Gasteiger partial charge in [-0.15, -0.1) is 0 Å². The number of aromatic nitrogens is 3. The van der Waals surface area contributed by atoms with E-state index < -0.39 is 37.9 Å². The zero-order valence-electron chi connectivity index (χ0n) is 16.6. The van der Waals surface area contributed by atoms with E-state index in [0.717, 1.165) is 27.1 Å². The number of sulfonamides is 1. The van der Waals surface area contributed by atoms with Gasteiger partial charge in [0.25, 0.3) is 0 Å². The molecule has 0 aliphatic heterocycles. The predicted octanol–water partition coefficient (Wildman–Crippen LogP) is 2.19. The van der Waals surface area contributed by atoms with Gasteiger partial charge in [0.15, 0.2) is 5.82 Å². The molecular formula is C20H17FN4O6S. The Morgan fingerprint density at radius 2 is 1.94 bits per heavy atom. The van der Waals surface area contributed by atoms with E-state index >= 15 is 0 Å². The molecule has 12 heteroatoms. The van der Waals surface area contributed by atoms with Crippen LogP contribution in [-0.4, -0.2) is 44.7 Å². The first-order chi connectivity index (χ1) is 15.2. The summed E-state index contributed by atoms with van der Waals surface area (Å²) in [4.78, 5) is 11.8. The Bertz CT molecular complexity index is 1440. The molecule has 2 aromatic carbocycles. The number of nitrogens with one attached hydrogen (secondary N) is 1. The van der Waals surface area contributed by atoms with Crippen molar-refractivity contribution >= 4 is 10.0 Å². The summed E-state index contributed by atoms with van der Waals surface area (Å²) in [5, 5.41) is 26.6. The second kappa shape index (κ2) is 7.98. The van der Waals surface area contributed by atoms with Gasteiger partial charge in [-0.25, -0.2) is 27.3 Å². The highest BCUT2D eigenvalue weighted by atomic mass is 32.2. The molecule has 0 aliphatic rings. The van der Waals surface area contributed by atoms with Crippen molar-refractivity contribution in [2.45, 2.75) is 11.4 Å². The Labute approximate surface area is 180 Å². The van der Waals surface area contributed by atoms with Crippen molar-refractivity contribution < 1.29 is 27.4 Å². The lowest BCUT2D eigenvalue weighted by molar-refractivity contribution is 0.429. The standard InChI is InChI=1S/C20H17FN4O6S/c1-24(10-12-6-7-31-11-12)32(29,30)18-8-13(16(26)9-17(18)27)19-22-23-20(28)25(19)15-5-3-2-4-14(15)21/h2-9,11,26-27H,10H2,1H3,(H,23,28). The number of aromatic hydroxyl groups is 2. The average molecular weight is 460 g/mol. The van der Waals surface area contributed by atoms with Gasteiger partial charge in [-0.1, -0.05) is 12.1 Å². The van der Waals surface area contributed by atoms with E-state index in [1.165, 1.54) is 37.8 Å². The second-order valence-corrected chi connectivity index (χ2v) is 8.88. The van der Waals surface area contributed by atoms with Crippen LogP contribution in [-0.2, 0) is 16.6 Å². The van der Waals surface area contributed by atoms with Crippen LogP contribution in [0.3, 0.4) is 0 Å². The van der Waals surface area contributed by atoms with Crippen LogP contribution >= 0.6 is 0 Å². The molecule has 0 saturated heterocycles. The average Bonchev–Trinajstić information content (AvgIpc) is 3.38. The number of H-pyrrole nitrogens is 1. The molecule has 0 aliphatic carbocycles. The molecule has 32 heavy (non-hydrogen) atoms. The minimum atomic E-state index is -4.24. The van der Waals surface area contributed by atoms with Crippen molar-refractivity contribution in [2.75, 3.05) is 7.05 Å². The Hall–Kier alpha value is -3.90. The van der Waals surface area contributed by atoms with Crippen molar-refractivity contribution in [1.29, 1.82) is 0 Å². The van der Waals surface area contributed by atoms with Crippen LogP contribution in [0.5, 0.6) is 11.5 Å². The Balaban J connectivity index is 1.85. The lowest BCUT2D eigenvalue weighted by Crippen LogP contribution is -2.26. The number of furan rings is 1. The van der Waals surface area contributed by atoms with Crippen molar-refractivity contribution in [3.63, 3.8) is 0 Å². The van der Waals surface area contributed by atoms with Crippen LogP contribution in [0.4, 0.5) is 4.39 Å². The third kappa shape index (κ3) is 3.65. The van der Waals surface area contributed by atoms with Crippen molar-refractivity contribution in [2.24, 2.45) is 0 Å². The summed E-state index contributed by atoms with van der Waals surface area (Å²) in [5.41, 5.74) is -0.593. The molecule has 2 aromatic heterocycles. The number of benzene rings is 2. The largest absolute Gasteiger partial charge is 0.507 e. The predicted molar refractivity (Wildman–Crippen MR) is 110 cm³/mol. The molecule has 2 heterocycles. The van der Waals surface area contributed by atoms with Crippen molar-refractivity contribution in [1.82, 2.24) is 19.1 Å². The first-order valence-corrected chi connectivity index (χ1v) is 10.6. The lowest BCUT2D eigenvalue weighted by atomic mass is 10.1. The zero-order chi connectivity index (χ0) is 23.0. The topological polar surface area (TPSA) is 142 Å². The van der Waals surface area contributed by atoms with Gasteiger partial charge in [0.2, 0.25) is 10.0 Å². The third-order valence-electron chi connectivity index (χ3n) is 4.76. The van der Waals surface area contributed by atoms with Gasteiger partial charge in [-0.05, 0) is 24.3 Å². The summed E-state index contributed by atoms with van der Waals surface area (Å²) in [6.45, 7) is -0.0448. The Kier molecular flexibility index (Phi) is 5.32. The van der Waals surface area contributed by atoms with E-state index in [2.05, 4.69) is 10.2 Å². The molecule has 166 valence electrons. The molecule has 0 bridgehead atoms. The summed E-state index contributed by atoms with van der Waals surface area (Å²) in [5.74, 6) is -2.24. The third-order valence-corrected chi connectivity index (χ3v) is 6.59. The monoisotopic (exact) mass is 460 g/mol. The molecule has 3 N–H and O–H groups in total. The fraction of sp³-hybridized carbons (Fsp3) is 0.100.